The van der Waals surface area contributed by atoms with Gasteiger partial charge in [-0.2, -0.15) is 0 Å². The molecule has 2 aliphatic rings. The van der Waals surface area contributed by atoms with Crippen molar-refractivity contribution in [2.75, 3.05) is 13.1 Å². The van der Waals surface area contributed by atoms with Gasteiger partial charge < -0.3 is 10.6 Å². The molecule has 104 valence electrons. The van der Waals surface area contributed by atoms with Crippen LogP contribution < -0.4 is 10.6 Å². The average Bonchev–Trinajstić information content (AvgIpc) is 2.98. The van der Waals surface area contributed by atoms with Crippen LogP contribution in [0.4, 0.5) is 0 Å². The zero-order chi connectivity index (χ0) is 13.0. The summed E-state index contributed by atoms with van der Waals surface area (Å²) >= 11 is 0. The largest absolute Gasteiger partial charge is 0.355 e. The number of rotatable bonds is 7. The van der Waals surface area contributed by atoms with Gasteiger partial charge >= 0.3 is 0 Å². The number of nitrogens with one attached hydrogen (secondary N) is 2. The normalized spacial score (nSPS) is 31.6. The molecule has 0 aromatic heterocycles. The van der Waals surface area contributed by atoms with E-state index in [9.17, 15) is 4.79 Å². The third-order valence-electron chi connectivity index (χ3n) is 4.87. The number of unbranched alkanes of at least 4 members (excludes halogenated alkanes) is 1. The van der Waals surface area contributed by atoms with Gasteiger partial charge in [0.1, 0.15) is 0 Å². The fraction of sp³-hybridized carbons (Fsp3) is 0.933. The number of fused-ring (bicyclic) bond motifs is 2. The van der Waals surface area contributed by atoms with Crippen molar-refractivity contribution in [3.05, 3.63) is 0 Å². The zero-order valence-electron chi connectivity index (χ0n) is 11.9. The number of carbonyl (C=O) groups is 1. The summed E-state index contributed by atoms with van der Waals surface area (Å²) < 4.78 is 0. The Labute approximate surface area is 111 Å². The third-order valence-corrected chi connectivity index (χ3v) is 4.87. The van der Waals surface area contributed by atoms with Crippen LogP contribution in [-0.4, -0.2) is 25.0 Å². The van der Waals surface area contributed by atoms with E-state index in [0.717, 1.165) is 37.1 Å². The molecule has 0 radical (unpaired) electrons. The molecule has 4 unspecified atom stereocenters. The second-order valence-corrected chi connectivity index (χ2v) is 6.21. The van der Waals surface area contributed by atoms with Gasteiger partial charge in [-0.05, 0) is 50.4 Å². The van der Waals surface area contributed by atoms with Crippen LogP contribution >= 0.6 is 0 Å². The summed E-state index contributed by atoms with van der Waals surface area (Å²) in [5, 5.41) is 6.39. The molecule has 1 amide bonds. The highest BCUT2D eigenvalue weighted by atomic mass is 16.1. The highest BCUT2D eigenvalue weighted by molar-refractivity contribution is 5.77. The van der Waals surface area contributed by atoms with E-state index in [1.54, 1.807) is 0 Å². The van der Waals surface area contributed by atoms with Crippen molar-refractivity contribution in [2.45, 2.75) is 58.4 Å². The molecule has 4 atom stereocenters. The van der Waals surface area contributed by atoms with E-state index in [-0.39, 0.29) is 5.91 Å². The number of hydrogen-bond acceptors (Lipinski definition) is 2. The van der Waals surface area contributed by atoms with Gasteiger partial charge in [-0.15, -0.1) is 0 Å². The number of amides is 1. The SMILES string of the molecule is CCCCNC(=O)CNC(C)C1CC2CCC1C2. The topological polar surface area (TPSA) is 41.1 Å². The molecule has 2 fully saturated rings. The molecule has 0 saturated heterocycles. The maximum atomic E-state index is 11.6. The first-order valence-corrected chi connectivity index (χ1v) is 7.70. The smallest absolute Gasteiger partial charge is 0.233 e. The van der Waals surface area contributed by atoms with Crippen LogP contribution in [0.25, 0.3) is 0 Å². The monoisotopic (exact) mass is 252 g/mol. The first-order chi connectivity index (χ1) is 8.70. The minimum Gasteiger partial charge on any atom is -0.355 e. The summed E-state index contributed by atoms with van der Waals surface area (Å²) in [5.41, 5.74) is 0. The molecule has 0 heterocycles. The highest BCUT2D eigenvalue weighted by Crippen LogP contribution is 2.49. The van der Waals surface area contributed by atoms with E-state index < -0.39 is 0 Å². The van der Waals surface area contributed by atoms with Crippen LogP contribution in [-0.2, 0) is 4.79 Å². The van der Waals surface area contributed by atoms with E-state index in [1.807, 2.05) is 0 Å². The molecule has 0 aromatic carbocycles. The molecule has 3 heteroatoms. The van der Waals surface area contributed by atoms with Crippen molar-refractivity contribution in [3.63, 3.8) is 0 Å². The summed E-state index contributed by atoms with van der Waals surface area (Å²) in [4.78, 5) is 11.6. The molecule has 3 nitrogen and oxygen atoms in total. The summed E-state index contributed by atoms with van der Waals surface area (Å²) in [6, 6.07) is 0.497. The average molecular weight is 252 g/mol. The Bertz CT molecular complexity index is 280. The van der Waals surface area contributed by atoms with Crippen LogP contribution in [0.15, 0.2) is 0 Å². The standard InChI is InChI=1S/C15H28N2O/c1-3-4-7-16-15(18)10-17-11(2)14-9-12-5-6-13(14)8-12/h11-14,17H,3-10H2,1-2H3,(H,16,18). The first-order valence-electron chi connectivity index (χ1n) is 7.70. The van der Waals surface area contributed by atoms with Crippen molar-refractivity contribution in [3.8, 4) is 0 Å². The molecule has 2 aliphatic carbocycles. The van der Waals surface area contributed by atoms with Crippen LogP contribution in [0.5, 0.6) is 0 Å². The number of hydrogen-bond donors (Lipinski definition) is 2. The Morgan fingerprint density at radius 2 is 2.17 bits per heavy atom. The Kier molecular flexibility index (Phi) is 5.04. The second kappa shape index (κ2) is 6.55. The molecular formula is C15H28N2O. The summed E-state index contributed by atoms with van der Waals surface area (Å²) in [6.07, 6.45) is 7.91. The summed E-state index contributed by atoms with van der Waals surface area (Å²) in [6.45, 7) is 5.70. The summed E-state index contributed by atoms with van der Waals surface area (Å²) in [5.74, 6) is 2.88. The van der Waals surface area contributed by atoms with Gasteiger partial charge in [-0.25, -0.2) is 0 Å². The van der Waals surface area contributed by atoms with Gasteiger partial charge in [-0.3, -0.25) is 4.79 Å². The lowest BCUT2D eigenvalue weighted by Gasteiger charge is -2.28. The van der Waals surface area contributed by atoms with Gasteiger partial charge in [0.2, 0.25) is 5.91 Å². The first kappa shape index (κ1) is 13.9. The van der Waals surface area contributed by atoms with Gasteiger partial charge in [0.25, 0.3) is 0 Å². The minimum absolute atomic E-state index is 0.151. The maximum Gasteiger partial charge on any atom is 0.233 e. The minimum atomic E-state index is 0.151. The van der Waals surface area contributed by atoms with Crippen LogP contribution in [0.3, 0.4) is 0 Å². The van der Waals surface area contributed by atoms with Crippen LogP contribution in [0.1, 0.15) is 52.4 Å². The van der Waals surface area contributed by atoms with E-state index in [0.29, 0.717) is 12.6 Å². The van der Waals surface area contributed by atoms with Crippen molar-refractivity contribution < 1.29 is 4.79 Å². The Hall–Kier alpha value is -0.570. The lowest BCUT2D eigenvalue weighted by molar-refractivity contribution is -0.120. The van der Waals surface area contributed by atoms with Crippen LogP contribution in [0.2, 0.25) is 0 Å². The predicted octanol–water partition coefficient (Wildman–Crippen LogP) is 2.32. The second-order valence-electron chi connectivity index (χ2n) is 6.21. The van der Waals surface area contributed by atoms with Gasteiger partial charge in [0.15, 0.2) is 0 Å². The number of carbonyl (C=O) groups excluding carboxylic acids is 1. The Morgan fingerprint density at radius 1 is 1.33 bits per heavy atom. The molecule has 18 heavy (non-hydrogen) atoms. The fourth-order valence-electron chi connectivity index (χ4n) is 3.78. The van der Waals surface area contributed by atoms with Crippen LogP contribution in [0, 0.1) is 17.8 Å². The van der Waals surface area contributed by atoms with E-state index in [2.05, 4.69) is 24.5 Å². The van der Waals surface area contributed by atoms with Crippen molar-refractivity contribution >= 4 is 5.91 Å². The summed E-state index contributed by atoms with van der Waals surface area (Å²) in [7, 11) is 0. The molecule has 0 aromatic rings. The Morgan fingerprint density at radius 3 is 2.78 bits per heavy atom. The lowest BCUT2D eigenvalue weighted by atomic mass is 9.84. The van der Waals surface area contributed by atoms with Gasteiger partial charge in [-0.1, -0.05) is 19.8 Å². The zero-order valence-corrected chi connectivity index (χ0v) is 11.9. The molecule has 2 N–H and O–H groups in total. The van der Waals surface area contributed by atoms with Crippen molar-refractivity contribution in [2.24, 2.45) is 17.8 Å². The van der Waals surface area contributed by atoms with E-state index in [1.165, 1.54) is 25.7 Å². The maximum absolute atomic E-state index is 11.6. The quantitative estimate of drug-likeness (QED) is 0.683. The van der Waals surface area contributed by atoms with Gasteiger partial charge in [0, 0.05) is 12.6 Å². The lowest BCUT2D eigenvalue weighted by Crippen LogP contribution is -2.42. The molecule has 2 rings (SSSR count). The molecular weight excluding hydrogens is 224 g/mol. The van der Waals surface area contributed by atoms with Crippen molar-refractivity contribution in [1.29, 1.82) is 0 Å². The van der Waals surface area contributed by atoms with Gasteiger partial charge in [0.05, 0.1) is 6.54 Å². The third kappa shape index (κ3) is 3.47. The van der Waals surface area contributed by atoms with E-state index in [4.69, 9.17) is 0 Å². The molecule has 2 bridgehead atoms. The van der Waals surface area contributed by atoms with E-state index >= 15 is 0 Å². The highest BCUT2D eigenvalue weighted by Gasteiger charge is 2.41. The molecule has 0 spiro atoms. The molecule has 2 saturated carbocycles. The predicted molar refractivity (Wildman–Crippen MR) is 74.3 cm³/mol. The molecule has 0 aliphatic heterocycles. The Balaban J connectivity index is 1.62. The fourth-order valence-corrected chi connectivity index (χ4v) is 3.78. The van der Waals surface area contributed by atoms with Crippen molar-refractivity contribution in [1.82, 2.24) is 10.6 Å².